The molecule has 0 saturated heterocycles. The van der Waals surface area contributed by atoms with E-state index >= 15 is 0 Å². The number of rotatable bonds is 5. The molecule has 6 nitrogen and oxygen atoms in total. The van der Waals surface area contributed by atoms with Crippen LogP contribution in [-0.4, -0.2) is 22.6 Å². The van der Waals surface area contributed by atoms with Crippen molar-refractivity contribution in [2.45, 2.75) is 33.2 Å². The third-order valence-corrected chi connectivity index (χ3v) is 5.36. The monoisotopic (exact) mass is 371 g/mol. The maximum atomic E-state index is 13.3. The van der Waals surface area contributed by atoms with E-state index in [1.807, 2.05) is 37.4 Å². The summed E-state index contributed by atoms with van der Waals surface area (Å²) in [6.45, 7) is 5.53. The van der Waals surface area contributed by atoms with Crippen LogP contribution >= 0.6 is 11.3 Å². The van der Waals surface area contributed by atoms with Crippen molar-refractivity contribution in [2.75, 3.05) is 7.11 Å². The average Bonchev–Trinajstić information content (AvgIpc) is 3.01. The summed E-state index contributed by atoms with van der Waals surface area (Å²) in [4.78, 5) is 30.3. The highest BCUT2D eigenvalue weighted by Gasteiger charge is 2.23. The van der Waals surface area contributed by atoms with Crippen molar-refractivity contribution < 1.29 is 9.53 Å². The van der Waals surface area contributed by atoms with Crippen molar-refractivity contribution in [3.63, 3.8) is 0 Å². The summed E-state index contributed by atoms with van der Waals surface area (Å²) >= 11 is 1.40. The van der Waals surface area contributed by atoms with Crippen molar-refractivity contribution in [3.8, 4) is 16.9 Å². The second-order valence-corrected chi connectivity index (χ2v) is 7.05. The number of amides is 1. The Kier molecular flexibility index (Phi) is 4.82. The van der Waals surface area contributed by atoms with Gasteiger partial charge < -0.3 is 10.5 Å². The summed E-state index contributed by atoms with van der Waals surface area (Å²) in [5.41, 5.74) is 7.91. The first-order valence-corrected chi connectivity index (χ1v) is 9.21. The van der Waals surface area contributed by atoms with Crippen LogP contribution in [-0.2, 0) is 4.79 Å². The van der Waals surface area contributed by atoms with Crippen LogP contribution in [0.4, 0.5) is 0 Å². The molecule has 2 aromatic heterocycles. The van der Waals surface area contributed by atoms with Crippen LogP contribution in [0.15, 0.2) is 28.4 Å². The maximum Gasteiger partial charge on any atom is 0.263 e. The Morgan fingerprint density at radius 2 is 2.08 bits per heavy atom. The lowest BCUT2D eigenvalue weighted by Gasteiger charge is -2.17. The summed E-state index contributed by atoms with van der Waals surface area (Å²) in [6, 6.07) is 5.10. The predicted octanol–water partition coefficient (Wildman–Crippen LogP) is 3.19. The summed E-state index contributed by atoms with van der Waals surface area (Å²) in [5, 5.41) is 2.40. The van der Waals surface area contributed by atoms with E-state index in [4.69, 9.17) is 10.5 Å². The van der Waals surface area contributed by atoms with E-state index in [2.05, 4.69) is 4.98 Å². The minimum absolute atomic E-state index is 0.252. The molecule has 1 amide bonds. The fourth-order valence-electron chi connectivity index (χ4n) is 3.21. The molecule has 1 aromatic carbocycles. The second kappa shape index (κ2) is 6.92. The number of hydrogen-bond donors (Lipinski definition) is 1. The number of ether oxygens (including phenoxy) is 1. The van der Waals surface area contributed by atoms with Gasteiger partial charge in [0.05, 0.1) is 12.5 Å². The minimum Gasteiger partial charge on any atom is -0.496 e. The Morgan fingerprint density at radius 1 is 1.35 bits per heavy atom. The van der Waals surface area contributed by atoms with Crippen LogP contribution in [0.3, 0.4) is 0 Å². The molecule has 0 bridgehead atoms. The molecule has 0 saturated carbocycles. The van der Waals surface area contributed by atoms with Crippen molar-refractivity contribution in [3.05, 3.63) is 45.3 Å². The van der Waals surface area contributed by atoms with E-state index in [9.17, 15) is 9.59 Å². The summed E-state index contributed by atoms with van der Waals surface area (Å²) in [5.74, 6) is 0.630. The molecule has 2 N–H and O–H groups in total. The first kappa shape index (κ1) is 18.1. The zero-order chi connectivity index (χ0) is 19.0. The van der Waals surface area contributed by atoms with Crippen molar-refractivity contribution in [1.82, 2.24) is 9.55 Å². The normalized spacial score (nSPS) is 12.3. The second-order valence-electron chi connectivity index (χ2n) is 6.19. The van der Waals surface area contributed by atoms with Crippen LogP contribution in [0.25, 0.3) is 21.3 Å². The van der Waals surface area contributed by atoms with Gasteiger partial charge in [0.15, 0.2) is 0 Å². The van der Waals surface area contributed by atoms with Gasteiger partial charge in [-0.1, -0.05) is 18.6 Å². The number of fused-ring (bicyclic) bond motifs is 1. The Labute approximate surface area is 155 Å². The molecule has 2 heterocycles. The van der Waals surface area contributed by atoms with Crippen molar-refractivity contribution in [2.24, 2.45) is 5.73 Å². The lowest BCUT2D eigenvalue weighted by molar-refractivity contribution is -0.121. The highest BCUT2D eigenvalue weighted by atomic mass is 32.1. The van der Waals surface area contributed by atoms with Crippen LogP contribution in [0, 0.1) is 13.8 Å². The van der Waals surface area contributed by atoms with E-state index < -0.39 is 11.9 Å². The highest BCUT2D eigenvalue weighted by Crippen LogP contribution is 2.37. The summed E-state index contributed by atoms with van der Waals surface area (Å²) in [7, 11) is 1.60. The molecule has 0 aliphatic heterocycles. The van der Waals surface area contributed by atoms with E-state index in [1.165, 1.54) is 15.9 Å². The fraction of sp³-hybridized carbons (Fsp3) is 0.316. The first-order chi connectivity index (χ1) is 12.4. The number of nitrogens with two attached hydrogens (primary N) is 1. The molecule has 1 atom stereocenters. The van der Waals surface area contributed by atoms with E-state index in [0.717, 1.165) is 16.7 Å². The zero-order valence-corrected chi connectivity index (χ0v) is 16.0. The van der Waals surface area contributed by atoms with Gasteiger partial charge in [0.2, 0.25) is 5.91 Å². The van der Waals surface area contributed by atoms with Crippen LogP contribution in [0.5, 0.6) is 5.75 Å². The number of thiophene rings is 1. The average molecular weight is 371 g/mol. The molecule has 0 radical (unpaired) electrons. The molecule has 7 heteroatoms. The Hall–Kier alpha value is -2.67. The number of aromatic nitrogens is 2. The summed E-state index contributed by atoms with van der Waals surface area (Å²) < 4.78 is 6.88. The molecule has 0 spiro atoms. The third kappa shape index (κ3) is 2.88. The predicted molar refractivity (Wildman–Crippen MR) is 104 cm³/mol. The summed E-state index contributed by atoms with van der Waals surface area (Å²) in [6.07, 6.45) is 0.427. The smallest absolute Gasteiger partial charge is 0.263 e. The maximum absolute atomic E-state index is 13.3. The zero-order valence-electron chi connectivity index (χ0n) is 15.2. The number of aryl methyl sites for hydroxylation is 2. The quantitative estimate of drug-likeness (QED) is 0.746. The molecule has 26 heavy (non-hydrogen) atoms. The van der Waals surface area contributed by atoms with E-state index in [0.29, 0.717) is 28.2 Å². The van der Waals surface area contributed by atoms with Gasteiger partial charge in [0.1, 0.15) is 22.4 Å². The molecular formula is C19H21N3O3S. The fourth-order valence-corrected chi connectivity index (χ4v) is 4.19. The number of primary amides is 1. The van der Waals surface area contributed by atoms with Gasteiger partial charge in [-0.3, -0.25) is 14.2 Å². The number of benzene rings is 1. The largest absolute Gasteiger partial charge is 0.496 e. The number of carbonyl (C=O) groups is 1. The number of methoxy groups -OCH3 is 1. The van der Waals surface area contributed by atoms with Gasteiger partial charge in [-0.05, 0) is 32.4 Å². The Bertz CT molecular complexity index is 1050. The molecule has 136 valence electrons. The van der Waals surface area contributed by atoms with Gasteiger partial charge in [-0.25, -0.2) is 4.98 Å². The van der Waals surface area contributed by atoms with Crippen molar-refractivity contribution in [1.29, 1.82) is 0 Å². The first-order valence-electron chi connectivity index (χ1n) is 8.33. The van der Waals surface area contributed by atoms with Crippen LogP contribution in [0.1, 0.15) is 30.8 Å². The number of nitrogens with zero attached hydrogens (tertiary/aromatic N) is 2. The van der Waals surface area contributed by atoms with Gasteiger partial charge >= 0.3 is 0 Å². The van der Waals surface area contributed by atoms with E-state index in [1.54, 1.807) is 14.0 Å². The molecular weight excluding hydrogens is 350 g/mol. The standard InChI is InChI=1S/C19H21N3O3S/c1-5-14(17(20)23)22-11(3)21-18-16(19(22)24)13(9-26-18)12-8-10(2)6-7-15(12)25-4/h6-9,14H,5H2,1-4H3,(H2,20,23). The molecule has 1 unspecified atom stereocenters. The van der Waals surface area contributed by atoms with Gasteiger partial charge in [0.25, 0.3) is 5.56 Å². The van der Waals surface area contributed by atoms with E-state index in [-0.39, 0.29) is 5.56 Å². The molecule has 3 rings (SSSR count). The van der Waals surface area contributed by atoms with Gasteiger partial charge in [-0.2, -0.15) is 0 Å². The minimum atomic E-state index is -0.716. The third-order valence-electron chi connectivity index (χ3n) is 4.49. The van der Waals surface area contributed by atoms with Gasteiger partial charge in [0, 0.05) is 16.5 Å². The highest BCUT2D eigenvalue weighted by molar-refractivity contribution is 7.17. The topological polar surface area (TPSA) is 87.2 Å². The van der Waals surface area contributed by atoms with Gasteiger partial charge in [-0.15, -0.1) is 11.3 Å². The van der Waals surface area contributed by atoms with Crippen molar-refractivity contribution >= 4 is 27.5 Å². The lowest BCUT2D eigenvalue weighted by Crippen LogP contribution is -2.35. The Morgan fingerprint density at radius 3 is 2.69 bits per heavy atom. The number of carbonyl (C=O) groups excluding carboxylic acids is 1. The molecule has 3 aromatic rings. The van der Waals surface area contributed by atoms with Crippen LogP contribution in [0.2, 0.25) is 0 Å². The number of hydrogen-bond acceptors (Lipinski definition) is 5. The molecule has 0 fully saturated rings. The molecule has 0 aliphatic rings. The van der Waals surface area contributed by atoms with Crippen LogP contribution < -0.4 is 16.0 Å². The molecule has 0 aliphatic carbocycles. The lowest BCUT2D eigenvalue weighted by atomic mass is 10.0. The SMILES string of the molecule is CCC(C(N)=O)n1c(C)nc2scc(-c3cc(C)ccc3OC)c2c1=O. The Balaban J connectivity index is 2.36.